The lowest BCUT2D eigenvalue weighted by atomic mass is 9.93. The minimum Gasteiger partial charge on any atom is -0.493 e. The van der Waals surface area contributed by atoms with E-state index in [1.165, 1.54) is 4.90 Å². The van der Waals surface area contributed by atoms with E-state index in [9.17, 15) is 9.59 Å². The lowest BCUT2D eigenvalue weighted by Gasteiger charge is -2.25. The standard InChI is InChI=1S/C20H23N5O3/c1-3-11-28-15-10-5-4-9-14(15)18-21-16-17(20(27)22-18)25(13-7-6-8-13)23-19(16)24(2)12-26/h4-5,9-10,12-13H,3,6-8,11H2,1-2H3,(H,21,22,27). The summed E-state index contributed by atoms with van der Waals surface area (Å²) in [6, 6.07) is 7.63. The van der Waals surface area contributed by atoms with E-state index in [0.717, 1.165) is 25.7 Å². The van der Waals surface area contributed by atoms with Gasteiger partial charge in [0.25, 0.3) is 5.56 Å². The topological polar surface area (TPSA) is 93.1 Å². The summed E-state index contributed by atoms with van der Waals surface area (Å²) in [6.07, 6.45) is 4.59. The number of carbonyl (C=O) groups excluding carboxylic acids is 1. The van der Waals surface area contributed by atoms with Crippen LogP contribution in [0, 0.1) is 0 Å². The molecule has 0 unspecified atom stereocenters. The SMILES string of the molecule is CCCOc1ccccc1-c1nc2c(N(C)C=O)nn(C3CCC3)c2c(=O)[nH]1. The van der Waals surface area contributed by atoms with Crippen LogP contribution in [0.15, 0.2) is 29.1 Å². The highest BCUT2D eigenvalue weighted by molar-refractivity contribution is 5.92. The van der Waals surface area contributed by atoms with Gasteiger partial charge in [-0.1, -0.05) is 19.1 Å². The number of amides is 1. The van der Waals surface area contributed by atoms with Crippen molar-refractivity contribution in [2.75, 3.05) is 18.6 Å². The maximum atomic E-state index is 13.0. The highest BCUT2D eigenvalue weighted by atomic mass is 16.5. The number of fused-ring (bicyclic) bond motifs is 1. The normalized spacial score (nSPS) is 14.1. The number of nitrogens with zero attached hydrogens (tertiary/aromatic N) is 4. The summed E-state index contributed by atoms with van der Waals surface area (Å²) in [4.78, 5) is 33.3. The molecular formula is C20H23N5O3. The van der Waals surface area contributed by atoms with Crippen molar-refractivity contribution < 1.29 is 9.53 Å². The minimum atomic E-state index is -0.268. The number of benzene rings is 1. The van der Waals surface area contributed by atoms with Gasteiger partial charge in [-0.3, -0.25) is 19.2 Å². The van der Waals surface area contributed by atoms with Gasteiger partial charge in [0.15, 0.2) is 11.3 Å². The number of hydrogen-bond donors (Lipinski definition) is 1. The van der Waals surface area contributed by atoms with Crippen molar-refractivity contribution in [3.63, 3.8) is 0 Å². The van der Waals surface area contributed by atoms with Gasteiger partial charge in [-0.2, -0.15) is 5.10 Å². The summed E-state index contributed by atoms with van der Waals surface area (Å²) >= 11 is 0. The van der Waals surface area contributed by atoms with Crippen LogP contribution in [0.4, 0.5) is 5.82 Å². The van der Waals surface area contributed by atoms with Gasteiger partial charge in [0.05, 0.1) is 18.2 Å². The zero-order chi connectivity index (χ0) is 19.7. The van der Waals surface area contributed by atoms with Gasteiger partial charge >= 0.3 is 0 Å². The van der Waals surface area contributed by atoms with Crippen molar-refractivity contribution in [3.8, 4) is 17.1 Å². The predicted molar refractivity (Wildman–Crippen MR) is 107 cm³/mol. The molecule has 1 aliphatic rings. The Morgan fingerprint density at radius 1 is 1.36 bits per heavy atom. The zero-order valence-corrected chi connectivity index (χ0v) is 16.0. The van der Waals surface area contributed by atoms with E-state index in [1.54, 1.807) is 11.7 Å². The van der Waals surface area contributed by atoms with Crippen molar-refractivity contribution >= 4 is 23.3 Å². The van der Waals surface area contributed by atoms with E-state index in [0.29, 0.717) is 47.0 Å². The Hall–Kier alpha value is -3.16. The largest absolute Gasteiger partial charge is 0.493 e. The van der Waals surface area contributed by atoms with Crippen LogP contribution in [0.5, 0.6) is 5.75 Å². The number of aromatic amines is 1. The Labute approximate surface area is 162 Å². The number of nitrogens with one attached hydrogen (secondary N) is 1. The third-order valence-corrected chi connectivity index (χ3v) is 5.05. The summed E-state index contributed by atoms with van der Waals surface area (Å²) in [5.41, 5.74) is 1.26. The van der Waals surface area contributed by atoms with Crippen LogP contribution in [0.1, 0.15) is 38.6 Å². The van der Waals surface area contributed by atoms with Crippen molar-refractivity contribution in [1.29, 1.82) is 0 Å². The predicted octanol–water partition coefficient (Wildman–Crippen LogP) is 2.89. The van der Waals surface area contributed by atoms with E-state index in [-0.39, 0.29) is 11.6 Å². The number of ether oxygens (including phenoxy) is 1. The second-order valence-electron chi connectivity index (χ2n) is 7.03. The first-order valence-electron chi connectivity index (χ1n) is 9.57. The van der Waals surface area contributed by atoms with Gasteiger partial charge in [-0.25, -0.2) is 4.98 Å². The molecule has 0 bridgehead atoms. The molecule has 0 atom stereocenters. The van der Waals surface area contributed by atoms with Crippen LogP contribution in [-0.4, -0.2) is 39.8 Å². The maximum absolute atomic E-state index is 13.0. The molecule has 4 rings (SSSR count). The van der Waals surface area contributed by atoms with E-state index >= 15 is 0 Å². The van der Waals surface area contributed by atoms with Crippen LogP contribution in [0.3, 0.4) is 0 Å². The monoisotopic (exact) mass is 381 g/mol. The minimum absolute atomic E-state index is 0.172. The molecule has 1 N–H and O–H groups in total. The fourth-order valence-corrected chi connectivity index (χ4v) is 3.35. The Kier molecular flexibility index (Phi) is 4.85. The Bertz CT molecular complexity index is 1070. The number of anilines is 1. The summed E-state index contributed by atoms with van der Waals surface area (Å²) in [5, 5.41) is 4.55. The Morgan fingerprint density at radius 3 is 2.82 bits per heavy atom. The molecule has 0 spiro atoms. The van der Waals surface area contributed by atoms with Gasteiger partial charge in [0.1, 0.15) is 17.1 Å². The van der Waals surface area contributed by atoms with E-state index in [2.05, 4.69) is 15.1 Å². The van der Waals surface area contributed by atoms with Crippen LogP contribution in [-0.2, 0) is 4.79 Å². The third-order valence-electron chi connectivity index (χ3n) is 5.05. The quantitative estimate of drug-likeness (QED) is 0.635. The fraction of sp³-hybridized carbons (Fsp3) is 0.400. The Morgan fingerprint density at radius 2 is 2.14 bits per heavy atom. The van der Waals surface area contributed by atoms with E-state index < -0.39 is 0 Å². The molecule has 2 heterocycles. The molecule has 1 amide bonds. The Balaban J connectivity index is 1.91. The lowest BCUT2D eigenvalue weighted by molar-refractivity contribution is -0.107. The number of rotatable bonds is 7. The maximum Gasteiger partial charge on any atom is 0.277 e. The first-order valence-corrected chi connectivity index (χ1v) is 9.57. The molecular weight excluding hydrogens is 358 g/mol. The average molecular weight is 381 g/mol. The molecule has 8 heteroatoms. The lowest BCUT2D eigenvalue weighted by Crippen LogP contribution is -2.22. The second kappa shape index (κ2) is 7.46. The number of aromatic nitrogens is 4. The summed E-state index contributed by atoms with van der Waals surface area (Å²) in [5.74, 6) is 1.44. The highest BCUT2D eigenvalue weighted by Crippen LogP contribution is 2.35. The van der Waals surface area contributed by atoms with E-state index in [1.807, 2.05) is 31.2 Å². The molecule has 0 radical (unpaired) electrons. The average Bonchev–Trinajstić information content (AvgIpc) is 3.04. The molecule has 28 heavy (non-hydrogen) atoms. The van der Waals surface area contributed by atoms with Crippen molar-refractivity contribution in [2.24, 2.45) is 0 Å². The van der Waals surface area contributed by atoms with Gasteiger partial charge in [0, 0.05) is 7.05 Å². The molecule has 1 aromatic carbocycles. The van der Waals surface area contributed by atoms with Crippen LogP contribution in [0.2, 0.25) is 0 Å². The first kappa shape index (κ1) is 18.2. The molecule has 1 fully saturated rings. The van der Waals surface area contributed by atoms with Gasteiger partial charge in [-0.05, 0) is 37.8 Å². The van der Waals surface area contributed by atoms with Crippen molar-refractivity contribution in [3.05, 3.63) is 34.6 Å². The molecule has 3 aromatic rings. The summed E-state index contributed by atoms with van der Waals surface area (Å²) in [7, 11) is 1.61. The number of carbonyl (C=O) groups is 1. The van der Waals surface area contributed by atoms with Gasteiger partial charge in [0.2, 0.25) is 6.41 Å². The molecule has 146 valence electrons. The van der Waals surface area contributed by atoms with E-state index in [4.69, 9.17) is 4.74 Å². The molecule has 2 aromatic heterocycles. The van der Waals surface area contributed by atoms with Crippen molar-refractivity contribution in [1.82, 2.24) is 19.7 Å². The number of H-pyrrole nitrogens is 1. The second-order valence-corrected chi connectivity index (χ2v) is 7.03. The van der Waals surface area contributed by atoms with Gasteiger partial charge < -0.3 is 9.72 Å². The fourth-order valence-electron chi connectivity index (χ4n) is 3.35. The molecule has 0 aliphatic heterocycles. The summed E-state index contributed by atoms with van der Waals surface area (Å²) < 4.78 is 7.54. The third kappa shape index (κ3) is 3.04. The van der Waals surface area contributed by atoms with Crippen LogP contribution in [0.25, 0.3) is 22.4 Å². The molecule has 0 saturated heterocycles. The molecule has 1 aliphatic carbocycles. The first-order chi connectivity index (χ1) is 13.6. The van der Waals surface area contributed by atoms with Crippen LogP contribution >= 0.6 is 0 Å². The summed E-state index contributed by atoms with van der Waals surface area (Å²) in [6.45, 7) is 2.60. The number of hydrogen-bond acceptors (Lipinski definition) is 5. The molecule has 1 saturated carbocycles. The highest BCUT2D eigenvalue weighted by Gasteiger charge is 2.27. The van der Waals surface area contributed by atoms with Gasteiger partial charge in [-0.15, -0.1) is 0 Å². The van der Waals surface area contributed by atoms with Crippen molar-refractivity contribution in [2.45, 2.75) is 38.6 Å². The van der Waals surface area contributed by atoms with Crippen LogP contribution < -0.4 is 15.2 Å². The number of para-hydroxylation sites is 1. The molecule has 8 nitrogen and oxygen atoms in total. The smallest absolute Gasteiger partial charge is 0.277 e. The zero-order valence-electron chi connectivity index (χ0n) is 16.0.